The average Bonchev–Trinajstić information content (AvgIpc) is 2.07. The number of para-hydroxylation sites is 1. The molecule has 0 unspecified atom stereocenters. The molecule has 0 amide bonds. The summed E-state index contributed by atoms with van der Waals surface area (Å²) in [5.41, 5.74) is 1.09. The molecule has 0 fully saturated rings. The lowest BCUT2D eigenvalue weighted by atomic mass is 10.3. The van der Waals surface area contributed by atoms with E-state index in [-0.39, 0.29) is 0 Å². The predicted molar refractivity (Wildman–Crippen MR) is 49.4 cm³/mol. The minimum absolute atomic E-state index is 1.09. The van der Waals surface area contributed by atoms with Crippen molar-refractivity contribution >= 4 is 5.69 Å². The van der Waals surface area contributed by atoms with Crippen LogP contribution in [0.5, 0.6) is 0 Å². The summed E-state index contributed by atoms with van der Waals surface area (Å²) in [7, 11) is 0. The van der Waals surface area contributed by atoms with Gasteiger partial charge in [0.25, 0.3) is 0 Å². The van der Waals surface area contributed by atoms with E-state index in [1.165, 1.54) is 0 Å². The van der Waals surface area contributed by atoms with Crippen LogP contribution in [0.15, 0.2) is 55.3 Å². The fourth-order valence-corrected chi connectivity index (χ4v) is 0.747. The predicted octanol–water partition coefficient (Wildman–Crippen LogP) is 2.80. The van der Waals surface area contributed by atoms with Gasteiger partial charge in [0.1, 0.15) is 0 Å². The summed E-state index contributed by atoms with van der Waals surface area (Å²) in [5.74, 6) is 0. The molecule has 0 saturated heterocycles. The third kappa shape index (κ3) is 2.72. The maximum Gasteiger partial charge on any atom is 0.0379 e. The Bertz CT molecular complexity index is 236. The quantitative estimate of drug-likeness (QED) is 0.645. The Labute approximate surface area is 67.1 Å². The van der Waals surface area contributed by atoms with E-state index in [2.05, 4.69) is 11.9 Å². The van der Waals surface area contributed by atoms with Crippen LogP contribution in [0.2, 0.25) is 0 Å². The zero-order valence-corrected chi connectivity index (χ0v) is 6.33. The molecule has 0 aliphatic rings. The first kappa shape index (κ1) is 7.61. The van der Waals surface area contributed by atoms with Gasteiger partial charge in [0.15, 0.2) is 0 Å². The van der Waals surface area contributed by atoms with Gasteiger partial charge in [0.05, 0.1) is 0 Å². The van der Waals surface area contributed by atoms with Gasteiger partial charge < -0.3 is 5.32 Å². The number of hydrogen-bond donors (Lipinski definition) is 1. The molecule has 0 aromatic heterocycles. The number of benzene rings is 1. The van der Waals surface area contributed by atoms with Gasteiger partial charge in [0.2, 0.25) is 0 Å². The zero-order valence-electron chi connectivity index (χ0n) is 6.33. The molecule has 1 N–H and O–H groups in total. The zero-order chi connectivity index (χ0) is 7.94. The summed E-state index contributed by atoms with van der Waals surface area (Å²) in [4.78, 5) is 0. The van der Waals surface area contributed by atoms with E-state index in [1.54, 1.807) is 6.08 Å². The lowest BCUT2D eigenvalue weighted by Crippen LogP contribution is -1.84. The summed E-state index contributed by atoms with van der Waals surface area (Å²) in [5, 5.41) is 3.09. The lowest BCUT2D eigenvalue weighted by molar-refractivity contribution is 1.58. The van der Waals surface area contributed by atoms with Crippen LogP contribution in [0.1, 0.15) is 0 Å². The Morgan fingerprint density at radius 3 is 2.55 bits per heavy atom. The highest BCUT2D eigenvalue weighted by Crippen LogP contribution is 2.03. The topological polar surface area (TPSA) is 12.0 Å². The SMILES string of the molecule is C=CC=CNc1ccccc1. The summed E-state index contributed by atoms with van der Waals surface area (Å²) in [6.45, 7) is 3.57. The van der Waals surface area contributed by atoms with E-state index in [0.29, 0.717) is 0 Å². The molecule has 1 aromatic rings. The second-order valence-corrected chi connectivity index (χ2v) is 2.11. The minimum atomic E-state index is 1.09. The van der Waals surface area contributed by atoms with E-state index in [9.17, 15) is 0 Å². The Morgan fingerprint density at radius 2 is 1.91 bits per heavy atom. The fraction of sp³-hybridized carbons (Fsp3) is 0. The standard InChI is InChI=1S/C10H11N/c1-2-3-9-11-10-7-5-4-6-8-10/h2-9,11H,1H2. The Kier molecular flexibility index (Phi) is 3.00. The lowest BCUT2D eigenvalue weighted by Gasteiger charge is -1.96. The Balaban J connectivity index is 2.51. The summed E-state index contributed by atoms with van der Waals surface area (Å²) >= 11 is 0. The maximum atomic E-state index is 3.57. The highest BCUT2D eigenvalue weighted by Gasteiger charge is 1.80. The van der Waals surface area contributed by atoms with Crippen LogP contribution in [-0.4, -0.2) is 0 Å². The normalized spacial score (nSPS) is 9.82. The van der Waals surface area contributed by atoms with E-state index < -0.39 is 0 Å². The molecule has 0 aliphatic heterocycles. The summed E-state index contributed by atoms with van der Waals surface area (Å²) in [6, 6.07) is 9.98. The van der Waals surface area contributed by atoms with Gasteiger partial charge in [-0.3, -0.25) is 0 Å². The number of anilines is 1. The Morgan fingerprint density at radius 1 is 1.18 bits per heavy atom. The van der Waals surface area contributed by atoms with Crippen LogP contribution in [0, 0.1) is 0 Å². The first-order chi connectivity index (χ1) is 5.43. The van der Waals surface area contributed by atoms with Crippen LogP contribution in [0.3, 0.4) is 0 Å². The molecule has 1 rings (SSSR count). The number of hydrogen-bond acceptors (Lipinski definition) is 1. The van der Waals surface area contributed by atoms with Crippen LogP contribution < -0.4 is 5.32 Å². The van der Waals surface area contributed by atoms with Gasteiger partial charge in [-0.25, -0.2) is 0 Å². The van der Waals surface area contributed by atoms with Gasteiger partial charge in [-0.2, -0.15) is 0 Å². The average molecular weight is 145 g/mol. The molecule has 1 aromatic carbocycles. The molecular formula is C10H11N. The van der Waals surface area contributed by atoms with Gasteiger partial charge in [-0.1, -0.05) is 30.9 Å². The van der Waals surface area contributed by atoms with E-state index in [4.69, 9.17) is 0 Å². The number of nitrogens with one attached hydrogen (secondary N) is 1. The third-order valence-electron chi connectivity index (χ3n) is 1.26. The smallest absolute Gasteiger partial charge is 0.0379 e. The highest BCUT2D eigenvalue weighted by molar-refractivity contribution is 5.45. The molecule has 0 radical (unpaired) electrons. The number of allylic oxidation sites excluding steroid dienone is 2. The second kappa shape index (κ2) is 4.34. The van der Waals surface area contributed by atoms with Crippen LogP contribution >= 0.6 is 0 Å². The maximum absolute atomic E-state index is 3.57. The van der Waals surface area contributed by atoms with E-state index in [0.717, 1.165) is 5.69 Å². The van der Waals surface area contributed by atoms with Crippen molar-refractivity contribution in [3.05, 3.63) is 55.3 Å². The largest absolute Gasteiger partial charge is 0.362 e. The fourth-order valence-electron chi connectivity index (χ4n) is 0.747. The molecule has 0 bridgehead atoms. The highest BCUT2D eigenvalue weighted by atomic mass is 14.8. The van der Waals surface area contributed by atoms with Crippen LogP contribution in [0.25, 0.3) is 0 Å². The summed E-state index contributed by atoms with van der Waals surface area (Å²) in [6.07, 6.45) is 5.44. The molecule has 0 heterocycles. The van der Waals surface area contributed by atoms with Gasteiger partial charge in [-0.15, -0.1) is 0 Å². The minimum Gasteiger partial charge on any atom is -0.362 e. The molecule has 0 saturated carbocycles. The monoisotopic (exact) mass is 145 g/mol. The molecule has 11 heavy (non-hydrogen) atoms. The van der Waals surface area contributed by atoms with Crippen molar-refractivity contribution in [2.24, 2.45) is 0 Å². The van der Waals surface area contributed by atoms with Crippen molar-refractivity contribution in [2.75, 3.05) is 5.32 Å². The third-order valence-corrected chi connectivity index (χ3v) is 1.26. The molecule has 1 nitrogen and oxygen atoms in total. The van der Waals surface area contributed by atoms with Gasteiger partial charge >= 0.3 is 0 Å². The second-order valence-electron chi connectivity index (χ2n) is 2.11. The molecule has 1 heteroatoms. The van der Waals surface area contributed by atoms with Crippen molar-refractivity contribution in [1.82, 2.24) is 0 Å². The van der Waals surface area contributed by atoms with E-state index in [1.807, 2.05) is 42.6 Å². The van der Waals surface area contributed by atoms with Crippen molar-refractivity contribution < 1.29 is 0 Å². The van der Waals surface area contributed by atoms with Crippen molar-refractivity contribution in [3.8, 4) is 0 Å². The molecule has 56 valence electrons. The first-order valence-corrected chi connectivity index (χ1v) is 3.52. The molecule has 0 atom stereocenters. The van der Waals surface area contributed by atoms with Crippen LogP contribution in [-0.2, 0) is 0 Å². The number of rotatable bonds is 3. The van der Waals surface area contributed by atoms with Gasteiger partial charge in [-0.05, 0) is 18.2 Å². The molecular weight excluding hydrogens is 134 g/mol. The van der Waals surface area contributed by atoms with Crippen molar-refractivity contribution in [1.29, 1.82) is 0 Å². The van der Waals surface area contributed by atoms with Crippen molar-refractivity contribution in [2.45, 2.75) is 0 Å². The van der Waals surface area contributed by atoms with E-state index >= 15 is 0 Å². The van der Waals surface area contributed by atoms with Crippen molar-refractivity contribution in [3.63, 3.8) is 0 Å². The van der Waals surface area contributed by atoms with Gasteiger partial charge in [0, 0.05) is 11.9 Å². The Hall–Kier alpha value is -1.50. The van der Waals surface area contributed by atoms with Crippen LogP contribution in [0.4, 0.5) is 5.69 Å². The first-order valence-electron chi connectivity index (χ1n) is 3.52. The summed E-state index contributed by atoms with van der Waals surface area (Å²) < 4.78 is 0. The molecule has 0 spiro atoms. The molecule has 0 aliphatic carbocycles.